The monoisotopic (exact) mass is 514 g/mol. The second kappa shape index (κ2) is 10.3. The molecule has 0 spiro atoms. The van der Waals surface area contributed by atoms with Gasteiger partial charge in [0.05, 0.1) is 15.9 Å². The number of pyridine rings is 1. The third-order valence-corrected chi connectivity index (χ3v) is 6.55. The fraction of sp³-hybridized carbons (Fsp3) is 0.333. The Bertz CT molecular complexity index is 1530. The molecule has 0 bridgehead atoms. The molecule has 1 amide bonds. The second-order valence-corrected chi connectivity index (χ2v) is 10.7. The summed E-state index contributed by atoms with van der Waals surface area (Å²) in [6, 6.07) is 11.3. The minimum atomic E-state index is -4.22. The number of aryl methyl sites for hydroxylation is 1. The molecule has 1 aromatic heterocycles. The molecule has 0 aliphatic carbocycles. The van der Waals surface area contributed by atoms with E-state index in [9.17, 15) is 22.8 Å². The highest BCUT2D eigenvalue weighted by Gasteiger charge is 2.28. The number of fused-ring (bicyclic) bond motifs is 2. The molecule has 3 aromatic rings. The van der Waals surface area contributed by atoms with Crippen molar-refractivity contribution in [2.45, 2.75) is 37.3 Å². The van der Waals surface area contributed by atoms with Crippen LogP contribution in [0, 0.1) is 11.3 Å². The summed E-state index contributed by atoms with van der Waals surface area (Å²) < 4.78 is 39.9. The van der Waals surface area contributed by atoms with Crippen molar-refractivity contribution in [3.05, 3.63) is 52.7 Å². The number of benzene rings is 2. The number of alkyl carbamates (subject to hydrolysis) is 1. The van der Waals surface area contributed by atoms with Crippen LogP contribution in [0.25, 0.3) is 21.8 Å². The number of hydrogen-bond acceptors (Lipinski definition) is 8. The van der Waals surface area contributed by atoms with E-state index in [4.69, 9.17) is 14.7 Å². The molecule has 12 heteroatoms. The first-order chi connectivity index (χ1) is 16.8. The quantitative estimate of drug-likeness (QED) is 0.358. The van der Waals surface area contributed by atoms with Crippen LogP contribution in [0.15, 0.2) is 52.2 Å². The number of nitriles is 1. The molecular weight excluding hydrogens is 488 g/mol. The summed E-state index contributed by atoms with van der Waals surface area (Å²) in [7, 11) is -2.44. The summed E-state index contributed by atoms with van der Waals surface area (Å²) >= 11 is 0. The van der Waals surface area contributed by atoms with Crippen LogP contribution in [0.1, 0.15) is 20.8 Å². The number of nitrogens with zero attached hydrogens (tertiary/aromatic N) is 2. The SMILES string of the molecule is Cn1c2ccccc2c(=O)c2cc(S(=O)(=O)NC[C@@H](NC(=O)OC(C)(C)C)C(=O)OCC#N)ccc21. The van der Waals surface area contributed by atoms with Crippen molar-refractivity contribution in [1.29, 1.82) is 5.26 Å². The van der Waals surface area contributed by atoms with Crippen molar-refractivity contribution in [2.75, 3.05) is 13.2 Å². The molecule has 0 fully saturated rings. The number of para-hydroxylation sites is 1. The third-order valence-electron chi connectivity index (χ3n) is 5.13. The maximum absolute atomic E-state index is 13.0. The lowest BCUT2D eigenvalue weighted by molar-refractivity contribution is -0.144. The minimum absolute atomic E-state index is 0.205. The van der Waals surface area contributed by atoms with Crippen molar-refractivity contribution in [3.8, 4) is 6.07 Å². The Morgan fingerprint density at radius 3 is 2.44 bits per heavy atom. The number of carbonyl (C=O) groups is 2. The van der Waals surface area contributed by atoms with Crippen LogP contribution >= 0.6 is 0 Å². The van der Waals surface area contributed by atoms with Gasteiger partial charge in [0.15, 0.2) is 12.0 Å². The van der Waals surface area contributed by atoms with Gasteiger partial charge >= 0.3 is 12.1 Å². The topological polar surface area (TPSA) is 157 Å². The predicted molar refractivity (Wildman–Crippen MR) is 132 cm³/mol. The first-order valence-electron chi connectivity index (χ1n) is 10.9. The molecular formula is C24H26N4O7S. The van der Waals surface area contributed by atoms with E-state index in [0.717, 1.165) is 0 Å². The number of nitrogens with one attached hydrogen (secondary N) is 2. The van der Waals surface area contributed by atoms with E-state index in [2.05, 4.69) is 10.0 Å². The van der Waals surface area contributed by atoms with Crippen molar-refractivity contribution < 1.29 is 27.5 Å². The van der Waals surface area contributed by atoms with Gasteiger partial charge in [-0.25, -0.2) is 22.7 Å². The molecule has 3 rings (SSSR count). The number of hydrogen-bond donors (Lipinski definition) is 2. The minimum Gasteiger partial charge on any atom is -0.449 e. The predicted octanol–water partition coefficient (Wildman–Crippen LogP) is 1.93. The molecule has 0 aliphatic rings. The van der Waals surface area contributed by atoms with Gasteiger partial charge in [-0.3, -0.25) is 4.79 Å². The van der Waals surface area contributed by atoms with Gasteiger partial charge in [-0.15, -0.1) is 0 Å². The number of sulfonamides is 1. The van der Waals surface area contributed by atoms with Crippen LogP contribution in [0.3, 0.4) is 0 Å². The largest absolute Gasteiger partial charge is 0.449 e. The van der Waals surface area contributed by atoms with Crippen LogP contribution in [-0.2, 0) is 31.3 Å². The van der Waals surface area contributed by atoms with Gasteiger partial charge in [-0.05, 0) is 51.1 Å². The summed E-state index contributed by atoms with van der Waals surface area (Å²) in [4.78, 5) is 37.3. The van der Waals surface area contributed by atoms with E-state index in [-0.39, 0.29) is 15.7 Å². The Morgan fingerprint density at radius 2 is 1.78 bits per heavy atom. The van der Waals surface area contributed by atoms with E-state index < -0.39 is 46.9 Å². The first kappa shape index (κ1) is 26.7. The van der Waals surface area contributed by atoms with E-state index in [0.29, 0.717) is 16.4 Å². The third kappa shape index (κ3) is 5.99. The number of esters is 1. The fourth-order valence-corrected chi connectivity index (χ4v) is 4.59. The molecule has 0 saturated carbocycles. The van der Waals surface area contributed by atoms with Gasteiger partial charge < -0.3 is 19.4 Å². The van der Waals surface area contributed by atoms with Gasteiger partial charge in [0.1, 0.15) is 17.7 Å². The van der Waals surface area contributed by atoms with Crippen LogP contribution in [0.4, 0.5) is 4.79 Å². The molecule has 11 nitrogen and oxygen atoms in total. The van der Waals surface area contributed by atoms with E-state index in [1.165, 1.54) is 18.2 Å². The van der Waals surface area contributed by atoms with Crippen molar-refractivity contribution in [2.24, 2.45) is 7.05 Å². The average molecular weight is 515 g/mol. The molecule has 0 aliphatic heterocycles. The molecule has 36 heavy (non-hydrogen) atoms. The van der Waals surface area contributed by atoms with Crippen LogP contribution < -0.4 is 15.5 Å². The van der Waals surface area contributed by atoms with E-state index >= 15 is 0 Å². The number of ether oxygens (including phenoxy) is 2. The zero-order chi connectivity index (χ0) is 26.7. The van der Waals surface area contributed by atoms with E-state index in [1.54, 1.807) is 62.7 Å². The number of rotatable bonds is 7. The molecule has 0 radical (unpaired) electrons. The van der Waals surface area contributed by atoms with Gasteiger partial charge in [-0.1, -0.05) is 12.1 Å². The normalized spacial score (nSPS) is 12.6. The maximum atomic E-state index is 13.0. The van der Waals surface area contributed by atoms with Gasteiger partial charge in [-0.2, -0.15) is 5.26 Å². The van der Waals surface area contributed by atoms with Crippen LogP contribution in [0.2, 0.25) is 0 Å². The summed E-state index contributed by atoms with van der Waals surface area (Å²) in [6.07, 6.45) is -0.971. The average Bonchev–Trinajstić information content (AvgIpc) is 2.82. The zero-order valence-electron chi connectivity index (χ0n) is 20.2. The number of aromatic nitrogens is 1. The molecule has 190 valence electrons. The maximum Gasteiger partial charge on any atom is 0.408 e. The Labute approximate surface area is 207 Å². The molecule has 2 N–H and O–H groups in total. The van der Waals surface area contributed by atoms with Gasteiger partial charge in [0, 0.05) is 24.4 Å². The van der Waals surface area contributed by atoms with Crippen molar-refractivity contribution in [3.63, 3.8) is 0 Å². The van der Waals surface area contributed by atoms with Crippen LogP contribution in [-0.4, -0.2) is 49.8 Å². The number of carbonyl (C=O) groups excluding carboxylic acids is 2. The van der Waals surface area contributed by atoms with Crippen molar-refractivity contribution >= 4 is 43.9 Å². The standard InChI is InChI=1S/C24H26N4O7S/c1-24(2,3)35-23(31)27-18(22(30)34-12-11-25)14-26-36(32,33)15-9-10-20-17(13-15)21(29)16-7-5-6-8-19(16)28(20)4/h5-10,13,18,26H,12,14H2,1-4H3,(H,27,31)/t18-/m1/s1. The molecule has 1 heterocycles. The van der Waals surface area contributed by atoms with Crippen molar-refractivity contribution in [1.82, 2.24) is 14.6 Å². The van der Waals surface area contributed by atoms with Gasteiger partial charge in [0.25, 0.3) is 0 Å². The molecule has 2 aromatic carbocycles. The molecule has 0 unspecified atom stereocenters. The summed E-state index contributed by atoms with van der Waals surface area (Å²) in [5.74, 6) is -1.02. The lowest BCUT2D eigenvalue weighted by Gasteiger charge is -2.23. The summed E-state index contributed by atoms with van der Waals surface area (Å²) in [6.45, 7) is 3.68. The highest BCUT2D eigenvalue weighted by Crippen LogP contribution is 2.21. The Hall–Kier alpha value is -3.95. The smallest absolute Gasteiger partial charge is 0.408 e. The lowest BCUT2D eigenvalue weighted by atomic mass is 10.1. The highest BCUT2D eigenvalue weighted by molar-refractivity contribution is 7.89. The van der Waals surface area contributed by atoms with Crippen LogP contribution in [0.5, 0.6) is 0 Å². The molecule has 1 atom stereocenters. The first-order valence-corrected chi connectivity index (χ1v) is 12.4. The fourth-order valence-electron chi connectivity index (χ4n) is 3.51. The number of amides is 1. The Morgan fingerprint density at radius 1 is 1.11 bits per heavy atom. The zero-order valence-corrected chi connectivity index (χ0v) is 21.0. The van der Waals surface area contributed by atoms with Gasteiger partial charge in [0.2, 0.25) is 10.0 Å². The lowest BCUT2D eigenvalue weighted by Crippen LogP contribution is -2.50. The summed E-state index contributed by atoms with van der Waals surface area (Å²) in [5.41, 5.74) is 0.0600. The Balaban J connectivity index is 1.89. The Kier molecular flexibility index (Phi) is 7.66. The molecule has 0 saturated heterocycles. The second-order valence-electron chi connectivity index (χ2n) is 8.90. The van der Waals surface area contributed by atoms with E-state index in [1.807, 2.05) is 0 Å². The summed E-state index contributed by atoms with van der Waals surface area (Å²) in [5, 5.41) is 11.5. The highest BCUT2D eigenvalue weighted by atomic mass is 32.2.